The number of aliphatic hydroxyl groups is 1. The highest BCUT2D eigenvalue weighted by molar-refractivity contribution is 7.15. The van der Waals surface area contributed by atoms with Crippen LogP contribution in [-0.2, 0) is 6.18 Å². The van der Waals surface area contributed by atoms with Gasteiger partial charge >= 0.3 is 6.18 Å². The van der Waals surface area contributed by atoms with Crippen LogP contribution in [-0.4, -0.2) is 11.7 Å². The van der Waals surface area contributed by atoms with Gasteiger partial charge in [-0.05, 0) is 23.3 Å². The van der Waals surface area contributed by atoms with Gasteiger partial charge < -0.3 is 10.4 Å². The molecule has 2 heterocycles. The van der Waals surface area contributed by atoms with E-state index in [9.17, 15) is 18.3 Å². The van der Waals surface area contributed by atoms with Crippen LogP contribution in [0.25, 0.3) is 22.5 Å². The van der Waals surface area contributed by atoms with E-state index in [0.29, 0.717) is 17.7 Å². The first kappa shape index (κ1) is 16.7. The van der Waals surface area contributed by atoms with Gasteiger partial charge in [0.25, 0.3) is 0 Å². The molecule has 0 fully saturated rings. The number of hydrogen-bond acceptors (Lipinski definition) is 3. The highest BCUT2D eigenvalue weighted by atomic mass is 32.1. The highest BCUT2D eigenvalue weighted by Gasteiger charge is 2.30. The lowest BCUT2D eigenvalue weighted by Crippen LogP contribution is -2.12. The van der Waals surface area contributed by atoms with Crippen molar-refractivity contribution in [1.82, 2.24) is 0 Å². The summed E-state index contributed by atoms with van der Waals surface area (Å²) in [6.07, 6.45) is -4.36. The van der Waals surface area contributed by atoms with E-state index in [2.05, 4.69) is 5.32 Å². The Bertz CT molecular complexity index is 973. The highest BCUT2D eigenvalue weighted by Crippen LogP contribution is 2.44. The van der Waals surface area contributed by atoms with Gasteiger partial charge in [-0.1, -0.05) is 42.5 Å². The van der Waals surface area contributed by atoms with E-state index in [0.717, 1.165) is 33.8 Å². The molecule has 4 rings (SSSR count). The van der Waals surface area contributed by atoms with Crippen molar-refractivity contribution in [2.45, 2.75) is 6.18 Å². The Labute approximate surface area is 152 Å². The summed E-state index contributed by atoms with van der Waals surface area (Å²) >= 11 is 1.43. The van der Waals surface area contributed by atoms with Gasteiger partial charge in [0.2, 0.25) is 0 Å². The summed E-state index contributed by atoms with van der Waals surface area (Å²) in [5.74, 6) is 0.168. The summed E-state index contributed by atoms with van der Waals surface area (Å²) in [6.45, 7) is 0.496. The number of halogens is 3. The minimum Gasteiger partial charge on any atom is -0.507 e. The largest absolute Gasteiger partial charge is 0.507 e. The molecule has 0 aliphatic carbocycles. The molecule has 0 saturated heterocycles. The summed E-state index contributed by atoms with van der Waals surface area (Å²) in [5.41, 5.74) is 2.99. The lowest BCUT2D eigenvalue weighted by Gasteiger charge is -2.20. The Morgan fingerprint density at radius 1 is 0.923 bits per heavy atom. The molecule has 0 unspecified atom stereocenters. The minimum absolute atomic E-state index is 0.168. The van der Waals surface area contributed by atoms with Crippen LogP contribution in [0.5, 0.6) is 0 Å². The van der Waals surface area contributed by atoms with Crippen LogP contribution in [0.1, 0.15) is 16.7 Å². The maximum atomic E-state index is 12.8. The first-order valence-electron chi connectivity index (χ1n) is 7.96. The summed E-state index contributed by atoms with van der Waals surface area (Å²) in [7, 11) is 0. The lowest BCUT2D eigenvalue weighted by atomic mass is 9.94. The van der Waals surface area contributed by atoms with Crippen molar-refractivity contribution in [3.63, 3.8) is 0 Å². The molecule has 0 saturated carbocycles. The van der Waals surface area contributed by atoms with E-state index < -0.39 is 11.7 Å². The standard InChI is InChI=1S/C20H14F3NOS/c21-20(22,23)14-8-6-13(7-9-14)16-11-26-19-17(16)18(25)15(10-24-19)12-4-2-1-3-5-12/h1-9,11,24-25H,10H2. The number of anilines is 1. The Balaban J connectivity index is 1.79. The second-order valence-electron chi connectivity index (χ2n) is 5.98. The first-order chi connectivity index (χ1) is 12.4. The molecule has 0 radical (unpaired) electrons. The molecule has 1 aliphatic heterocycles. The van der Waals surface area contributed by atoms with E-state index >= 15 is 0 Å². The fourth-order valence-electron chi connectivity index (χ4n) is 3.06. The molecule has 0 amide bonds. The lowest BCUT2D eigenvalue weighted by molar-refractivity contribution is -0.137. The quantitative estimate of drug-likeness (QED) is 0.554. The third kappa shape index (κ3) is 2.86. The van der Waals surface area contributed by atoms with E-state index in [1.807, 2.05) is 35.7 Å². The summed E-state index contributed by atoms with van der Waals surface area (Å²) in [5, 5.41) is 16.8. The van der Waals surface area contributed by atoms with Gasteiger partial charge in [0.15, 0.2) is 0 Å². The molecular formula is C20H14F3NOS. The monoisotopic (exact) mass is 373 g/mol. The van der Waals surface area contributed by atoms with Crippen LogP contribution < -0.4 is 5.32 Å². The molecule has 3 aromatic rings. The van der Waals surface area contributed by atoms with E-state index in [1.165, 1.54) is 23.5 Å². The molecule has 132 valence electrons. The smallest absolute Gasteiger partial charge is 0.416 e. The molecule has 6 heteroatoms. The molecule has 1 aliphatic rings. The van der Waals surface area contributed by atoms with Crippen molar-refractivity contribution < 1.29 is 18.3 Å². The van der Waals surface area contributed by atoms with Crippen molar-refractivity contribution in [3.05, 3.63) is 76.7 Å². The maximum Gasteiger partial charge on any atom is 0.416 e. The molecule has 2 aromatic carbocycles. The summed E-state index contributed by atoms with van der Waals surface area (Å²) in [4.78, 5) is 0. The second kappa shape index (κ2) is 6.21. The normalized spacial score (nSPS) is 14.1. The third-order valence-corrected chi connectivity index (χ3v) is 5.32. The number of nitrogens with one attached hydrogen (secondary N) is 1. The van der Waals surface area contributed by atoms with Crippen molar-refractivity contribution in [3.8, 4) is 11.1 Å². The van der Waals surface area contributed by atoms with Gasteiger partial charge in [-0.3, -0.25) is 0 Å². The van der Waals surface area contributed by atoms with Crippen LogP contribution in [0.4, 0.5) is 18.2 Å². The number of rotatable bonds is 2. The Hall–Kier alpha value is -2.73. The predicted molar refractivity (Wildman–Crippen MR) is 99.1 cm³/mol. The van der Waals surface area contributed by atoms with Crippen LogP contribution in [0.3, 0.4) is 0 Å². The van der Waals surface area contributed by atoms with Crippen LogP contribution in [0.2, 0.25) is 0 Å². The summed E-state index contributed by atoms with van der Waals surface area (Å²) < 4.78 is 38.3. The summed E-state index contributed by atoms with van der Waals surface area (Å²) in [6, 6.07) is 14.5. The molecule has 2 nitrogen and oxygen atoms in total. The number of hydrogen-bond donors (Lipinski definition) is 2. The van der Waals surface area contributed by atoms with Crippen LogP contribution in [0.15, 0.2) is 60.0 Å². The third-order valence-electron chi connectivity index (χ3n) is 4.38. The average molecular weight is 373 g/mol. The van der Waals surface area contributed by atoms with Gasteiger partial charge in [0.1, 0.15) is 10.8 Å². The molecule has 1 aromatic heterocycles. The average Bonchev–Trinajstić information content (AvgIpc) is 3.07. The zero-order chi connectivity index (χ0) is 18.3. The van der Waals surface area contributed by atoms with Gasteiger partial charge in [-0.25, -0.2) is 0 Å². The molecule has 0 spiro atoms. The van der Waals surface area contributed by atoms with E-state index in [4.69, 9.17) is 0 Å². The Morgan fingerprint density at radius 2 is 1.62 bits per heavy atom. The number of fused-ring (bicyclic) bond motifs is 1. The zero-order valence-corrected chi connectivity index (χ0v) is 14.3. The maximum absolute atomic E-state index is 12.8. The molecule has 0 atom stereocenters. The number of thiophene rings is 1. The Kier molecular flexibility index (Phi) is 4.00. The van der Waals surface area contributed by atoms with Crippen molar-refractivity contribution in [2.24, 2.45) is 0 Å². The minimum atomic E-state index is -4.36. The van der Waals surface area contributed by atoms with E-state index in [1.54, 1.807) is 0 Å². The van der Waals surface area contributed by atoms with Gasteiger partial charge in [0.05, 0.1) is 11.1 Å². The fraction of sp³-hybridized carbons (Fsp3) is 0.100. The number of alkyl halides is 3. The second-order valence-corrected chi connectivity index (χ2v) is 6.86. The van der Waals surface area contributed by atoms with Crippen LogP contribution >= 0.6 is 11.3 Å². The van der Waals surface area contributed by atoms with Crippen molar-refractivity contribution in [2.75, 3.05) is 11.9 Å². The van der Waals surface area contributed by atoms with Gasteiger partial charge in [0, 0.05) is 23.1 Å². The van der Waals surface area contributed by atoms with Crippen molar-refractivity contribution >= 4 is 27.7 Å². The first-order valence-corrected chi connectivity index (χ1v) is 8.84. The van der Waals surface area contributed by atoms with Crippen molar-refractivity contribution in [1.29, 1.82) is 0 Å². The van der Waals surface area contributed by atoms with Gasteiger partial charge in [-0.15, -0.1) is 11.3 Å². The van der Waals surface area contributed by atoms with Crippen LogP contribution in [0, 0.1) is 0 Å². The molecular weight excluding hydrogens is 359 g/mol. The zero-order valence-electron chi connectivity index (χ0n) is 13.5. The van der Waals surface area contributed by atoms with E-state index in [-0.39, 0.29) is 5.76 Å². The fourth-order valence-corrected chi connectivity index (χ4v) is 4.03. The molecule has 0 bridgehead atoms. The SMILES string of the molecule is OC1=C(c2ccccc2)CNc2scc(-c3ccc(C(F)(F)F)cc3)c21. The van der Waals surface area contributed by atoms with Gasteiger partial charge in [-0.2, -0.15) is 13.2 Å². The topological polar surface area (TPSA) is 32.3 Å². The number of aliphatic hydroxyl groups excluding tert-OH is 1. The molecule has 26 heavy (non-hydrogen) atoms. The Morgan fingerprint density at radius 3 is 2.27 bits per heavy atom. The predicted octanol–water partition coefficient (Wildman–Crippen LogP) is 6.29. The molecule has 2 N–H and O–H groups in total. The number of benzene rings is 2.